The first kappa shape index (κ1) is 16.0. The number of anilines is 1. The molecule has 1 fully saturated rings. The molecule has 1 atom stereocenters. The van der Waals surface area contributed by atoms with Crippen LogP contribution in [0.2, 0.25) is 0 Å². The highest BCUT2D eigenvalue weighted by molar-refractivity contribution is 5.56. The van der Waals surface area contributed by atoms with Crippen LogP contribution < -0.4 is 19.7 Å². The highest BCUT2D eigenvalue weighted by atomic mass is 16.5. The third kappa shape index (κ3) is 4.53. The molecule has 2 rings (SSSR count). The van der Waals surface area contributed by atoms with E-state index in [2.05, 4.69) is 36.2 Å². The lowest BCUT2D eigenvalue weighted by Gasteiger charge is -2.20. The molecule has 1 aliphatic rings. The molecule has 1 aliphatic heterocycles. The van der Waals surface area contributed by atoms with Crippen LogP contribution in [0.5, 0.6) is 11.5 Å². The SMILES string of the molecule is COc1cc(OC)cc(N2CCC(CNCC(C)C)C2)c1. The van der Waals surface area contributed by atoms with Crippen LogP contribution in [0.1, 0.15) is 20.3 Å². The van der Waals surface area contributed by atoms with Crippen molar-refractivity contribution in [3.63, 3.8) is 0 Å². The fourth-order valence-corrected chi connectivity index (χ4v) is 2.78. The predicted molar refractivity (Wildman–Crippen MR) is 87.6 cm³/mol. The maximum Gasteiger partial charge on any atom is 0.124 e. The molecule has 0 amide bonds. The molecular weight excluding hydrogens is 264 g/mol. The Bertz CT molecular complexity index is 426. The van der Waals surface area contributed by atoms with Gasteiger partial charge in [-0.1, -0.05) is 13.8 Å². The van der Waals surface area contributed by atoms with E-state index in [9.17, 15) is 0 Å². The minimum atomic E-state index is 0.713. The lowest BCUT2D eigenvalue weighted by Crippen LogP contribution is -2.28. The fraction of sp³-hybridized carbons (Fsp3) is 0.647. The molecule has 0 saturated carbocycles. The molecule has 0 aromatic heterocycles. The van der Waals surface area contributed by atoms with Crippen LogP contribution in [-0.2, 0) is 0 Å². The molecule has 0 spiro atoms. The fourth-order valence-electron chi connectivity index (χ4n) is 2.78. The van der Waals surface area contributed by atoms with Crippen molar-refractivity contribution in [2.24, 2.45) is 11.8 Å². The maximum atomic E-state index is 5.36. The lowest BCUT2D eigenvalue weighted by molar-refractivity contribution is 0.394. The molecule has 1 saturated heterocycles. The van der Waals surface area contributed by atoms with Crippen molar-refractivity contribution in [1.82, 2.24) is 5.32 Å². The number of nitrogens with one attached hydrogen (secondary N) is 1. The van der Waals surface area contributed by atoms with Gasteiger partial charge in [0.1, 0.15) is 11.5 Å². The van der Waals surface area contributed by atoms with E-state index < -0.39 is 0 Å². The van der Waals surface area contributed by atoms with Gasteiger partial charge < -0.3 is 19.7 Å². The van der Waals surface area contributed by atoms with Crippen LogP contribution in [-0.4, -0.2) is 40.4 Å². The summed E-state index contributed by atoms with van der Waals surface area (Å²) in [5.41, 5.74) is 1.19. The smallest absolute Gasteiger partial charge is 0.124 e. The number of hydrogen-bond acceptors (Lipinski definition) is 4. The largest absolute Gasteiger partial charge is 0.497 e. The second kappa shape index (κ2) is 7.55. The van der Waals surface area contributed by atoms with Crippen molar-refractivity contribution in [1.29, 1.82) is 0 Å². The molecule has 4 heteroatoms. The maximum absolute atomic E-state index is 5.36. The van der Waals surface area contributed by atoms with Gasteiger partial charge in [0, 0.05) is 37.0 Å². The minimum Gasteiger partial charge on any atom is -0.497 e. The summed E-state index contributed by atoms with van der Waals surface area (Å²) in [5.74, 6) is 3.14. The van der Waals surface area contributed by atoms with E-state index in [1.807, 2.05) is 6.07 Å². The number of nitrogens with zero attached hydrogens (tertiary/aromatic N) is 1. The Labute approximate surface area is 128 Å². The van der Waals surface area contributed by atoms with Gasteiger partial charge in [0.25, 0.3) is 0 Å². The van der Waals surface area contributed by atoms with Crippen molar-refractivity contribution in [2.45, 2.75) is 20.3 Å². The zero-order chi connectivity index (χ0) is 15.2. The van der Waals surface area contributed by atoms with E-state index in [1.165, 1.54) is 12.1 Å². The molecule has 1 N–H and O–H groups in total. The monoisotopic (exact) mass is 292 g/mol. The number of ether oxygens (including phenoxy) is 2. The minimum absolute atomic E-state index is 0.713. The van der Waals surface area contributed by atoms with Crippen LogP contribution in [0.4, 0.5) is 5.69 Å². The summed E-state index contributed by atoms with van der Waals surface area (Å²) < 4.78 is 10.7. The van der Waals surface area contributed by atoms with Gasteiger partial charge in [0.15, 0.2) is 0 Å². The molecule has 0 radical (unpaired) electrons. The first-order chi connectivity index (χ1) is 10.1. The molecule has 0 aliphatic carbocycles. The van der Waals surface area contributed by atoms with E-state index in [1.54, 1.807) is 14.2 Å². The number of methoxy groups -OCH3 is 2. The number of benzene rings is 1. The van der Waals surface area contributed by atoms with Crippen LogP contribution in [0.15, 0.2) is 18.2 Å². The van der Waals surface area contributed by atoms with Crippen LogP contribution in [0.3, 0.4) is 0 Å². The molecule has 1 aromatic rings. The molecule has 0 bridgehead atoms. The Balaban J connectivity index is 1.94. The average Bonchev–Trinajstić information content (AvgIpc) is 2.95. The van der Waals surface area contributed by atoms with Gasteiger partial charge >= 0.3 is 0 Å². The molecule has 1 unspecified atom stereocenters. The Morgan fingerprint density at radius 1 is 1.19 bits per heavy atom. The molecule has 118 valence electrons. The Hall–Kier alpha value is -1.42. The molecular formula is C17H28N2O2. The second-order valence-corrected chi connectivity index (χ2v) is 6.22. The van der Waals surface area contributed by atoms with Gasteiger partial charge in [-0.2, -0.15) is 0 Å². The Morgan fingerprint density at radius 2 is 1.86 bits per heavy atom. The van der Waals surface area contributed by atoms with E-state index >= 15 is 0 Å². The van der Waals surface area contributed by atoms with Crippen molar-refractivity contribution < 1.29 is 9.47 Å². The first-order valence-electron chi connectivity index (χ1n) is 7.81. The normalized spacial score (nSPS) is 18.3. The molecule has 1 heterocycles. The summed E-state index contributed by atoms with van der Waals surface area (Å²) in [6.45, 7) is 8.90. The zero-order valence-electron chi connectivity index (χ0n) is 13.7. The molecule has 1 aromatic carbocycles. The number of hydrogen-bond donors (Lipinski definition) is 1. The van der Waals surface area contributed by atoms with Crippen LogP contribution >= 0.6 is 0 Å². The van der Waals surface area contributed by atoms with Gasteiger partial charge in [-0.15, -0.1) is 0 Å². The van der Waals surface area contributed by atoms with Crippen molar-refractivity contribution in [3.05, 3.63) is 18.2 Å². The highest BCUT2D eigenvalue weighted by Crippen LogP contribution is 2.31. The third-order valence-electron chi connectivity index (χ3n) is 3.97. The number of rotatable bonds is 7. The van der Waals surface area contributed by atoms with Crippen LogP contribution in [0.25, 0.3) is 0 Å². The first-order valence-corrected chi connectivity index (χ1v) is 7.81. The summed E-state index contributed by atoms with van der Waals surface area (Å²) in [4.78, 5) is 2.42. The van der Waals surface area contributed by atoms with E-state index in [4.69, 9.17) is 9.47 Å². The lowest BCUT2D eigenvalue weighted by atomic mass is 10.1. The van der Waals surface area contributed by atoms with E-state index in [-0.39, 0.29) is 0 Å². The summed E-state index contributed by atoms with van der Waals surface area (Å²) >= 11 is 0. The summed E-state index contributed by atoms with van der Waals surface area (Å²) in [6.07, 6.45) is 1.24. The van der Waals surface area contributed by atoms with E-state index in [0.717, 1.165) is 43.6 Å². The summed E-state index contributed by atoms with van der Waals surface area (Å²) in [5, 5.41) is 3.57. The zero-order valence-corrected chi connectivity index (χ0v) is 13.7. The Kier molecular flexibility index (Phi) is 5.74. The van der Waals surface area contributed by atoms with E-state index in [0.29, 0.717) is 5.92 Å². The molecule has 21 heavy (non-hydrogen) atoms. The van der Waals surface area contributed by atoms with Gasteiger partial charge in [0.2, 0.25) is 0 Å². The van der Waals surface area contributed by atoms with Gasteiger partial charge in [-0.25, -0.2) is 0 Å². The second-order valence-electron chi connectivity index (χ2n) is 6.22. The Morgan fingerprint density at radius 3 is 2.43 bits per heavy atom. The summed E-state index contributed by atoms with van der Waals surface area (Å²) in [6, 6.07) is 6.10. The third-order valence-corrected chi connectivity index (χ3v) is 3.97. The topological polar surface area (TPSA) is 33.7 Å². The van der Waals surface area contributed by atoms with Crippen molar-refractivity contribution in [3.8, 4) is 11.5 Å². The standard InChI is InChI=1S/C17H28N2O2/c1-13(2)10-18-11-14-5-6-19(12-14)15-7-16(20-3)9-17(8-15)21-4/h7-9,13-14,18H,5-6,10-12H2,1-4H3. The van der Waals surface area contributed by atoms with Crippen LogP contribution in [0, 0.1) is 11.8 Å². The van der Waals surface area contributed by atoms with Crippen molar-refractivity contribution in [2.75, 3.05) is 45.3 Å². The van der Waals surface area contributed by atoms with Gasteiger partial charge in [-0.3, -0.25) is 0 Å². The predicted octanol–water partition coefficient (Wildman–Crippen LogP) is 2.78. The van der Waals surface area contributed by atoms with Crippen molar-refractivity contribution >= 4 is 5.69 Å². The van der Waals surface area contributed by atoms with Gasteiger partial charge in [-0.05, 0) is 31.3 Å². The quantitative estimate of drug-likeness (QED) is 0.838. The summed E-state index contributed by atoms with van der Waals surface area (Å²) in [7, 11) is 3.39. The molecule has 4 nitrogen and oxygen atoms in total. The van der Waals surface area contributed by atoms with Gasteiger partial charge in [0.05, 0.1) is 14.2 Å². The highest BCUT2D eigenvalue weighted by Gasteiger charge is 2.23. The average molecular weight is 292 g/mol.